The second-order valence-electron chi connectivity index (χ2n) is 4.54. The van der Waals surface area contributed by atoms with Crippen molar-refractivity contribution in [1.82, 2.24) is 4.90 Å². The Balaban J connectivity index is 2.10. The fourth-order valence-corrected chi connectivity index (χ4v) is 2.63. The van der Waals surface area contributed by atoms with Gasteiger partial charge in [-0.2, -0.15) is 0 Å². The molecule has 1 N–H and O–H groups in total. The molecule has 1 aliphatic heterocycles. The van der Waals surface area contributed by atoms with E-state index in [2.05, 4.69) is 15.9 Å². The summed E-state index contributed by atoms with van der Waals surface area (Å²) in [6, 6.07) is 4.38. The predicted octanol–water partition coefficient (Wildman–Crippen LogP) is 2.43. The first kappa shape index (κ1) is 13.5. The monoisotopic (exact) mass is 315 g/mol. The van der Waals surface area contributed by atoms with Crippen LogP contribution in [0, 0.1) is 11.7 Å². The summed E-state index contributed by atoms with van der Waals surface area (Å²) >= 11 is 3.24. The maximum atomic E-state index is 13.6. The van der Waals surface area contributed by atoms with E-state index in [4.69, 9.17) is 5.11 Å². The van der Waals surface area contributed by atoms with Crippen molar-refractivity contribution in [3.8, 4) is 0 Å². The number of nitrogens with zero attached hydrogens (tertiary/aromatic N) is 1. The zero-order valence-corrected chi connectivity index (χ0v) is 11.5. The van der Waals surface area contributed by atoms with Crippen molar-refractivity contribution in [2.45, 2.75) is 12.8 Å². The zero-order valence-electron chi connectivity index (χ0n) is 9.90. The lowest BCUT2D eigenvalue weighted by molar-refractivity contribution is 0.0780. The van der Waals surface area contributed by atoms with Crippen LogP contribution in [0.2, 0.25) is 0 Å². The molecule has 0 spiro atoms. The van der Waals surface area contributed by atoms with Crippen molar-refractivity contribution in [2.24, 2.45) is 5.92 Å². The number of aliphatic hydroxyl groups is 1. The van der Waals surface area contributed by atoms with Gasteiger partial charge in [-0.15, -0.1) is 0 Å². The SMILES string of the molecule is O=C(c1cc(Br)ccc1F)N1CCC(CCO)C1. The minimum absolute atomic E-state index is 0.106. The first-order chi connectivity index (χ1) is 8.61. The molecule has 1 aromatic rings. The number of halogens is 2. The number of hydrogen-bond donors (Lipinski definition) is 1. The third kappa shape index (κ3) is 2.90. The van der Waals surface area contributed by atoms with Gasteiger partial charge in [0.2, 0.25) is 0 Å². The topological polar surface area (TPSA) is 40.5 Å². The summed E-state index contributed by atoms with van der Waals surface area (Å²) in [4.78, 5) is 13.8. The van der Waals surface area contributed by atoms with Crippen LogP contribution in [0.25, 0.3) is 0 Å². The van der Waals surface area contributed by atoms with Crippen LogP contribution in [0.3, 0.4) is 0 Å². The van der Waals surface area contributed by atoms with Crippen LogP contribution in [0.15, 0.2) is 22.7 Å². The maximum absolute atomic E-state index is 13.6. The maximum Gasteiger partial charge on any atom is 0.256 e. The molecule has 0 radical (unpaired) electrons. The van der Waals surface area contributed by atoms with Gasteiger partial charge < -0.3 is 10.0 Å². The van der Waals surface area contributed by atoms with Gasteiger partial charge in [0.15, 0.2) is 0 Å². The smallest absolute Gasteiger partial charge is 0.256 e. The quantitative estimate of drug-likeness (QED) is 0.930. The van der Waals surface area contributed by atoms with Crippen LogP contribution in [0.4, 0.5) is 4.39 Å². The number of rotatable bonds is 3. The second-order valence-corrected chi connectivity index (χ2v) is 5.46. The van der Waals surface area contributed by atoms with Gasteiger partial charge in [-0.05, 0) is 37.0 Å². The summed E-state index contributed by atoms with van der Waals surface area (Å²) in [5.41, 5.74) is 0.106. The number of carbonyl (C=O) groups excluding carboxylic acids is 1. The summed E-state index contributed by atoms with van der Waals surface area (Å²) in [6.45, 7) is 1.37. The van der Waals surface area contributed by atoms with Crippen molar-refractivity contribution in [3.05, 3.63) is 34.1 Å². The first-order valence-corrected chi connectivity index (χ1v) is 6.76. The normalized spacial score (nSPS) is 19.3. The summed E-state index contributed by atoms with van der Waals surface area (Å²) < 4.78 is 14.3. The van der Waals surface area contributed by atoms with Crippen molar-refractivity contribution in [2.75, 3.05) is 19.7 Å². The Morgan fingerprint density at radius 3 is 3.06 bits per heavy atom. The summed E-state index contributed by atoms with van der Waals surface area (Å²) in [7, 11) is 0. The van der Waals surface area contributed by atoms with Gasteiger partial charge in [0.05, 0.1) is 5.56 Å². The lowest BCUT2D eigenvalue weighted by Gasteiger charge is -2.17. The molecule has 0 aromatic heterocycles. The van der Waals surface area contributed by atoms with E-state index in [0.29, 0.717) is 29.9 Å². The van der Waals surface area contributed by atoms with Crippen molar-refractivity contribution >= 4 is 21.8 Å². The fourth-order valence-electron chi connectivity index (χ4n) is 2.27. The highest BCUT2D eigenvalue weighted by Crippen LogP contribution is 2.23. The fraction of sp³-hybridized carbons (Fsp3) is 0.462. The van der Waals surface area contributed by atoms with Crippen LogP contribution in [-0.4, -0.2) is 35.6 Å². The number of amides is 1. The summed E-state index contributed by atoms with van der Waals surface area (Å²) in [5.74, 6) is -0.433. The Morgan fingerprint density at radius 2 is 2.33 bits per heavy atom. The third-order valence-corrected chi connectivity index (χ3v) is 3.76. The average Bonchev–Trinajstić information content (AvgIpc) is 2.80. The molecule has 1 unspecified atom stereocenters. The Morgan fingerprint density at radius 1 is 1.56 bits per heavy atom. The van der Waals surface area contributed by atoms with E-state index < -0.39 is 5.82 Å². The van der Waals surface area contributed by atoms with Gasteiger partial charge >= 0.3 is 0 Å². The number of benzene rings is 1. The van der Waals surface area contributed by atoms with E-state index in [0.717, 1.165) is 6.42 Å². The van der Waals surface area contributed by atoms with Crippen LogP contribution < -0.4 is 0 Å². The molecule has 0 bridgehead atoms. The lowest BCUT2D eigenvalue weighted by atomic mass is 10.1. The van der Waals surface area contributed by atoms with E-state index in [-0.39, 0.29) is 18.1 Å². The molecule has 0 aliphatic carbocycles. The van der Waals surface area contributed by atoms with E-state index in [1.54, 1.807) is 11.0 Å². The van der Waals surface area contributed by atoms with Gasteiger partial charge in [0, 0.05) is 24.2 Å². The van der Waals surface area contributed by atoms with Gasteiger partial charge in [-0.3, -0.25) is 4.79 Å². The Labute approximate surface area is 114 Å². The Hall–Kier alpha value is -0.940. The molecule has 3 nitrogen and oxygen atoms in total. The van der Waals surface area contributed by atoms with Gasteiger partial charge in [-0.25, -0.2) is 4.39 Å². The Bertz CT molecular complexity index is 453. The van der Waals surface area contributed by atoms with Gasteiger partial charge in [0.25, 0.3) is 5.91 Å². The molecule has 1 aromatic carbocycles. The van der Waals surface area contributed by atoms with E-state index in [9.17, 15) is 9.18 Å². The zero-order chi connectivity index (χ0) is 13.1. The van der Waals surface area contributed by atoms with E-state index in [1.165, 1.54) is 12.1 Å². The van der Waals surface area contributed by atoms with Crippen molar-refractivity contribution in [3.63, 3.8) is 0 Å². The number of hydrogen-bond acceptors (Lipinski definition) is 2. The molecule has 1 atom stereocenters. The number of aliphatic hydroxyl groups excluding tert-OH is 1. The highest BCUT2D eigenvalue weighted by molar-refractivity contribution is 9.10. The second kappa shape index (κ2) is 5.80. The van der Waals surface area contributed by atoms with E-state index in [1.807, 2.05) is 0 Å². The molecule has 2 rings (SSSR count). The molecule has 5 heteroatoms. The Kier molecular flexibility index (Phi) is 4.35. The van der Waals surface area contributed by atoms with Crippen molar-refractivity contribution < 1.29 is 14.3 Å². The molecule has 1 aliphatic rings. The van der Waals surface area contributed by atoms with Gasteiger partial charge in [-0.1, -0.05) is 15.9 Å². The highest BCUT2D eigenvalue weighted by atomic mass is 79.9. The first-order valence-electron chi connectivity index (χ1n) is 5.97. The highest BCUT2D eigenvalue weighted by Gasteiger charge is 2.27. The number of carbonyl (C=O) groups is 1. The third-order valence-electron chi connectivity index (χ3n) is 3.27. The molecule has 1 saturated heterocycles. The van der Waals surface area contributed by atoms with Crippen LogP contribution in [0.1, 0.15) is 23.2 Å². The molecule has 1 fully saturated rings. The van der Waals surface area contributed by atoms with Crippen LogP contribution in [-0.2, 0) is 0 Å². The molecule has 18 heavy (non-hydrogen) atoms. The summed E-state index contributed by atoms with van der Waals surface area (Å²) in [5, 5.41) is 8.88. The summed E-state index contributed by atoms with van der Waals surface area (Å²) in [6.07, 6.45) is 1.58. The van der Waals surface area contributed by atoms with E-state index >= 15 is 0 Å². The lowest BCUT2D eigenvalue weighted by Crippen LogP contribution is -2.29. The van der Waals surface area contributed by atoms with Crippen LogP contribution >= 0.6 is 15.9 Å². The van der Waals surface area contributed by atoms with Crippen LogP contribution in [0.5, 0.6) is 0 Å². The standard InChI is InChI=1S/C13H15BrFNO2/c14-10-1-2-12(15)11(7-10)13(18)16-5-3-9(8-16)4-6-17/h1-2,7,9,17H,3-6,8H2. The minimum Gasteiger partial charge on any atom is -0.396 e. The molecule has 0 saturated carbocycles. The molecule has 1 amide bonds. The number of likely N-dealkylation sites (tertiary alicyclic amines) is 1. The van der Waals surface area contributed by atoms with Gasteiger partial charge in [0.1, 0.15) is 5.82 Å². The molecular weight excluding hydrogens is 301 g/mol. The largest absolute Gasteiger partial charge is 0.396 e. The predicted molar refractivity (Wildman–Crippen MR) is 69.8 cm³/mol. The molecule has 1 heterocycles. The van der Waals surface area contributed by atoms with Crippen molar-refractivity contribution in [1.29, 1.82) is 0 Å². The average molecular weight is 316 g/mol. The molecule has 98 valence electrons. The molecular formula is C13H15BrFNO2. The minimum atomic E-state index is -0.492.